The summed E-state index contributed by atoms with van der Waals surface area (Å²) < 4.78 is 69.4. The molecule has 12 nitrogen and oxygen atoms in total. The van der Waals surface area contributed by atoms with E-state index in [0.29, 0.717) is 39.1 Å². The minimum Gasteiger partial charge on any atom is -0.493 e. The summed E-state index contributed by atoms with van der Waals surface area (Å²) in [6.45, 7) is 1.71. The molecule has 41 heavy (non-hydrogen) atoms. The van der Waals surface area contributed by atoms with Crippen molar-refractivity contribution in [2.24, 2.45) is 10.2 Å². The third-order valence-electron chi connectivity index (χ3n) is 5.87. The first kappa shape index (κ1) is 29.6. The van der Waals surface area contributed by atoms with Gasteiger partial charge in [0.15, 0.2) is 0 Å². The van der Waals surface area contributed by atoms with Gasteiger partial charge in [0.1, 0.15) is 5.75 Å². The van der Waals surface area contributed by atoms with Gasteiger partial charge in [0.25, 0.3) is 26.1 Å². The summed E-state index contributed by atoms with van der Waals surface area (Å²) in [6.07, 6.45) is -0.0675. The lowest BCUT2D eigenvalue weighted by atomic mass is 10.1. The summed E-state index contributed by atoms with van der Waals surface area (Å²) in [5.74, 6) is -0.939. The van der Waals surface area contributed by atoms with Gasteiger partial charge in [-0.15, -0.1) is 0 Å². The zero-order chi connectivity index (χ0) is 29.8. The van der Waals surface area contributed by atoms with Crippen molar-refractivity contribution < 1.29 is 35.5 Å². The first-order chi connectivity index (χ1) is 19.3. The number of benzene rings is 4. The Labute approximate surface area is 236 Å². The van der Waals surface area contributed by atoms with Crippen LogP contribution in [0.3, 0.4) is 0 Å². The molecule has 1 amide bonds. The topological polar surface area (TPSA) is 198 Å². The van der Waals surface area contributed by atoms with Gasteiger partial charge in [0.05, 0.1) is 28.6 Å². The van der Waals surface area contributed by atoms with Gasteiger partial charge in [-0.1, -0.05) is 6.07 Å². The van der Waals surface area contributed by atoms with E-state index in [1.54, 1.807) is 54.6 Å². The summed E-state index contributed by atoms with van der Waals surface area (Å²) in [6, 6.07) is 18.7. The Morgan fingerprint density at radius 2 is 1.66 bits per heavy atom. The number of fused-ring (bicyclic) bond motifs is 1. The number of rotatable bonds is 10. The minimum atomic E-state index is -4.57. The van der Waals surface area contributed by atoms with Crippen LogP contribution < -0.4 is 15.8 Å². The molecule has 4 aromatic carbocycles. The van der Waals surface area contributed by atoms with Crippen molar-refractivity contribution in [2.45, 2.75) is 18.2 Å². The molecule has 0 bridgehead atoms. The van der Waals surface area contributed by atoms with Crippen LogP contribution in [-0.4, -0.2) is 44.2 Å². The highest BCUT2D eigenvalue weighted by Gasteiger charge is 2.16. The number of carbonyl (C=O) groups is 1. The van der Waals surface area contributed by atoms with Crippen molar-refractivity contribution in [2.75, 3.05) is 23.4 Å². The average molecular weight is 599 g/mol. The minimum absolute atomic E-state index is 0.0348. The standard InChI is InChI=1S/C27H26N4O8S2/c1-17-13-20(28)6-10-25(17)31-30-21-7-3-18(4-8-21)27(32)29-22-9-5-19-14-23(41(36,37)38)16-26(24(19)15-22)39-11-2-12-40(33,34)35/h3-10,13-16H,2,11-12,28H2,1H3,(H,29,32)(H,33,34,35)(H,36,37,38). The fourth-order valence-corrected chi connectivity index (χ4v) is 4.87. The molecule has 0 spiro atoms. The fraction of sp³-hybridized carbons (Fsp3) is 0.148. The highest BCUT2D eigenvalue weighted by molar-refractivity contribution is 7.86. The third kappa shape index (κ3) is 8.08. The van der Waals surface area contributed by atoms with Gasteiger partial charge in [0.2, 0.25) is 0 Å². The summed E-state index contributed by atoms with van der Waals surface area (Å²) in [7, 11) is -8.77. The number of hydrogen-bond acceptors (Lipinski definition) is 9. The maximum absolute atomic E-state index is 12.9. The number of nitrogen functional groups attached to an aromatic ring is 1. The molecule has 0 unspecified atom stereocenters. The number of nitrogens with zero attached hydrogens (tertiary/aromatic N) is 2. The Morgan fingerprint density at radius 1 is 0.927 bits per heavy atom. The van der Waals surface area contributed by atoms with E-state index in [0.717, 1.165) is 11.6 Å². The number of nitrogens with two attached hydrogens (primary N) is 1. The van der Waals surface area contributed by atoms with Crippen LogP contribution in [0.25, 0.3) is 10.8 Å². The van der Waals surface area contributed by atoms with Gasteiger partial charge in [-0.3, -0.25) is 13.9 Å². The third-order valence-corrected chi connectivity index (χ3v) is 7.51. The van der Waals surface area contributed by atoms with Crippen molar-refractivity contribution in [1.29, 1.82) is 0 Å². The SMILES string of the molecule is Cc1cc(N)ccc1N=Nc1ccc(C(=O)Nc2ccc3cc(S(=O)(=O)O)cc(OCCCS(=O)(=O)O)c3c2)cc1. The monoisotopic (exact) mass is 598 g/mol. The summed E-state index contributed by atoms with van der Waals surface area (Å²) in [4.78, 5) is 12.5. The lowest BCUT2D eigenvalue weighted by Crippen LogP contribution is -2.11. The van der Waals surface area contributed by atoms with Crippen LogP contribution in [0, 0.1) is 6.92 Å². The first-order valence-corrected chi connectivity index (χ1v) is 15.2. The van der Waals surface area contributed by atoms with Crippen molar-refractivity contribution in [1.82, 2.24) is 0 Å². The average Bonchev–Trinajstić information content (AvgIpc) is 2.89. The highest BCUT2D eigenvalue weighted by Crippen LogP contribution is 2.32. The first-order valence-electron chi connectivity index (χ1n) is 12.1. The van der Waals surface area contributed by atoms with E-state index in [1.807, 2.05) is 6.92 Å². The summed E-state index contributed by atoms with van der Waals surface area (Å²) in [5.41, 5.74) is 9.18. The molecule has 0 saturated heterocycles. The Bertz CT molecular complexity index is 1860. The predicted octanol–water partition coefficient (Wildman–Crippen LogP) is 5.30. The molecule has 14 heteroatoms. The lowest BCUT2D eigenvalue weighted by molar-refractivity contribution is 0.102. The normalized spacial score (nSPS) is 12.1. The predicted molar refractivity (Wildman–Crippen MR) is 154 cm³/mol. The second-order valence-corrected chi connectivity index (χ2v) is 12.1. The molecular formula is C27H26N4O8S2. The number of hydrogen-bond donors (Lipinski definition) is 4. The molecule has 0 aliphatic carbocycles. The Balaban J connectivity index is 1.52. The van der Waals surface area contributed by atoms with E-state index in [4.69, 9.17) is 15.0 Å². The van der Waals surface area contributed by atoms with Crippen molar-refractivity contribution in [3.8, 4) is 5.75 Å². The maximum atomic E-state index is 12.9. The van der Waals surface area contributed by atoms with Crippen LogP contribution in [0.15, 0.2) is 87.9 Å². The fourth-order valence-electron chi connectivity index (χ4n) is 3.85. The zero-order valence-corrected chi connectivity index (χ0v) is 23.3. The number of azo groups is 1. The Kier molecular flexibility index (Phi) is 8.68. The van der Waals surface area contributed by atoms with Gasteiger partial charge >= 0.3 is 0 Å². The molecule has 5 N–H and O–H groups in total. The molecule has 0 aromatic heterocycles. The maximum Gasteiger partial charge on any atom is 0.294 e. The number of carbonyl (C=O) groups excluding carboxylic acids is 1. The lowest BCUT2D eigenvalue weighted by Gasteiger charge is -2.13. The van der Waals surface area contributed by atoms with E-state index in [9.17, 15) is 26.2 Å². The number of anilines is 2. The zero-order valence-electron chi connectivity index (χ0n) is 21.7. The smallest absolute Gasteiger partial charge is 0.294 e. The second-order valence-electron chi connectivity index (χ2n) is 9.07. The van der Waals surface area contributed by atoms with Crippen molar-refractivity contribution >= 4 is 59.7 Å². The van der Waals surface area contributed by atoms with E-state index in [1.165, 1.54) is 12.1 Å². The molecule has 0 saturated carbocycles. The van der Waals surface area contributed by atoms with E-state index >= 15 is 0 Å². The molecule has 0 radical (unpaired) electrons. The Hall–Kier alpha value is -4.37. The molecule has 0 fully saturated rings. The summed E-state index contributed by atoms with van der Waals surface area (Å²) in [5, 5.41) is 12.0. The van der Waals surface area contributed by atoms with Crippen LogP contribution in [-0.2, 0) is 20.2 Å². The number of nitrogens with one attached hydrogen (secondary N) is 1. The Morgan fingerprint density at radius 3 is 2.32 bits per heavy atom. The molecule has 0 heterocycles. The van der Waals surface area contributed by atoms with Crippen LogP contribution in [0.5, 0.6) is 5.75 Å². The van der Waals surface area contributed by atoms with Gasteiger partial charge in [-0.05, 0) is 85.0 Å². The van der Waals surface area contributed by atoms with Gasteiger partial charge in [0, 0.05) is 28.4 Å². The second kappa shape index (κ2) is 12.0. The van der Waals surface area contributed by atoms with E-state index in [2.05, 4.69) is 15.5 Å². The summed E-state index contributed by atoms with van der Waals surface area (Å²) >= 11 is 0. The van der Waals surface area contributed by atoms with Crippen LogP contribution in [0.1, 0.15) is 22.3 Å². The molecule has 4 aromatic rings. The number of aryl methyl sites for hydroxylation is 1. The van der Waals surface area contributed by atoms with Gasteiger partial charge in [-0.2, -0.15) is 27.1 Å². The van der Waals surface area contributed by atoms with Crippen molar-refractivity contribution in [3.05, 3.63) is 83.9 Å². The molecule has 0 aliphatic rings. The molecule has 0 atom stereocenters. The highest BCUT2D eigenvalue weighted by atomic mass is 32.2. The van der Waals surface area contributed by atoms with Crippen LogP contribution in [0.2, 0.25) is 0 Å². The number of amides is 1. The number of ether oxygens (including phenoxy) is 1. The molecule has 0 aliphatic heterocycles. The molecule has 4 rings (SSSR count). The van der Waals surface area contributed by atoms with Crippen LogP contribution in [0.4, 0.5) is 22.7 Å². The molecular weight excluding hydrogens is 572 g/mol. The van der Waals surface area contributed by atoms with E-state index < -0.39 is 36.8 Å². The van der Waals surface area contributed by atoms with E-state index in [-0.39, 0.29) is 18.8 Å². The molecule has 214 valence electrons. The van der Waals surface area contributed by atoms with Gasteiger partial charge < -0.3 is 15.8 Å². The quantitative estimate of drug-likeness (QED) is 0.0809. The van der Waals surface area contributed by atoms with Crippen LogP contribution >= 0.6 is 0 Å². The largest absolute Gasteiger partial charge is 0.493 e. The van der Waals surface area contributed by atoms with Gasteiger partial charge in [-0.25, -0.2) is 0 Å². The van der Waals surface area contributed by atoms with Crippen molar-refractivity contribution in [3.63, 3.8) is 0 Å².